The Hall–Kier alpha value is -2.87. The number of hydrogen-bond acceptors (Lipinski definition) is 2. The number of benzene rings is 3. The monoisotopic (exact) mass is 445 g/mol. The Morgan fingerprint density at radius 3 is 2.06 bits per heavy atom. The summed E-state index contributed by atoms with van der Waals surface area (Å²) in [7, 11) is -3.73. The van der Waals surface area contributed by atoms with Crippen LogP contribution in [0, 0.1) is 18.8 Å². The van der Waals surface area contributed by atoms with Gasteiger partial charge in [0, 0.05) is 12.1 Å². The van der Waals surface area contributed by atoms with Crippen molar-refractivity contribution in [1.29, 1.82) is 0 Å². The lowest BCUT2D eigenvalue weighted by Gasteiger charge is -2.28. The number of sulfonamides is 1. The van der Waals surface area contributed by atoms with Crippen molar-refractivity contribution in [2.75, 3.05) is 6.54 Å². The summed E-state index contributed by atoms with van der Waals surface area (Å²) in [5.74, 6) is 6.48. The standard InChI is InChI=1S/C28H31NO2S/c1-3-4-5-12-23-29(32(30,31)27-20-17-24(2)18-21-27)28(26-15-10-7-11-16-26)22-19-25-13-8-6-9-14-25/h6-11,13-18,20-21,28H,3-5,12,23H2,1-2H3. The number of hydrogen-bond donors (Lipinski definition) is 0. The zero-order valence-electron chi connectivity index (χ0n) is 18.9. The van der Waals surface area contributed by atoms with E-state index in [-0.39, 0.29) is 0 Å². The highest BCUT2D eigenvalue weighted by molar-refractivity contribution is 7.89. The van der Waals surface area contributed by atoms with E-state index in [1.54, 1.807) is 16.4 Å². The molecule has 4 heteroatoms. The van der Waals surface area contributed by atoms with Gasteiger partial charge in [0.2, 0.25) is 10.0 Å². The molecule has 0 saturated heterocycles. The number of aryl methyl sites for hydroxylation is 1. The van der Waals surface area contributed by atoms with Crippen molar-refractivity contribution in [2.24, 2.45) is 0 Å². The van der Waals surface area contributed by atoms with Crippen molar-refractivity contribution in [3.05, 3.63) is 102 Å². The molecule has 0 saturated carbocycles. The van der Waals surface area contributed by atoms with E-state index in [1.165, 1.54) is 0 Å². The fourth-order valence-corrected chi connectivity index (χ4v) is 5.13. The molecule has 0 aliphatic carbocycles. The van der Waals surface area contributed by atoms with E-state index < -0.39 is 16.1 Å². The van der Waals surface area contributed by atoms with Gasteiger partial charge < -0.3 is 0 Å². The molecule has 0 heterocycles. The summed E-state index contributed by atoms with van der Waals surface area (Å²) in [6.07, 6.45) is 3.98. The summed E-state index contributed by atoms with van der Waals surface area (Å²) in [4.78, 5) is 0.307. The fraction of sp³-hybridized carbons (Fsp3) is 0.286. The third-order valence-corrected chi connectivity index (χ3v) is 7.27. The van der Waals surface area contributed by atoms with Gasteiger partial charge in [-0.2, -0.15) is 4.31 Å². The highest BCUT2D eigenvalue weighted by Gasteiger charge is 2.31. The van der Waals surface area contributed by atoms with Gasteiger partial charge in [0.05, 0.1) is 4.90 Å². The molecule has 0 spiro atoms. The second-order valence-electron chi connectivity index (χ2n) is 7.94. The SMILES string of the molecule is CCCCCCN(C(C#Cc1ccccc1)c1ccccc1)S(=O)(=O)c1ccc(C)cc1. The van der Waals surface area contributed by atoms with Gasteiger partial charge in [-0.15, -0.1) is 0 Å². The minimum Gasteiger partial charge on any atom is -0.207 e. The zero-order chi connectivity index (χ0) is 22.8. The molecular formula is C28H31NO2S. The lowest BCUT2D eigenvalue weighted by Crippen LogP contribution is -2.35. The highest BCUT2D eigenvalue weighted by Crippen LogP contribution is 2.28. The highest BCUT2D eigenvalue weighted by atomic mass is 32.2. The summed E-state index contributed by atoms with van der Waals surface area (Å²) < 4.78 is 29.2. The predicted octanol–water partition coefficient (Wildman–Crippen LogP) is 6.36. The largest absolute Gasteiger partial charge is 0.244 e. The smallest absolute Gasteiger partial charge is 0.207 e. The van der Waals surface area contributed by atoms with Crippen LogP contribution in [0.3, 0.4) is 0 Å². The zero-order valence-corrected chi connectivity index (χ0v) is 19.7. The molecule has 3 aromatic rings. The fourth-order valence-electron chi connectivity index (χ4n) is 3.56. The molecule has 0 bridgehead atoms. The van der Waals surface area contributed by atoms with Crippen LogP contribution in [-0.4, -0.2) is 19.3 Å². The first-order valence-electron chi connectivity index (χ1n) is 11.2. The Bertz CT molecular complexity index is 1130. The summed E-state index contributed by atoms with van der Waals surface area (Å²) in [5.41, 5.74) is 2.77. The van der Waals surface area contributed by atoms with Gasteiger partial charge in [0.25, 0.3) is 0 Å². The van der Waals surface area contributed by atoms with Crippen molar-refractivity contribution in [1.82, 2.24) is 4.31 Å². The van der Waals surface area contributed by atoms with Gasteiger partial charge >= 0.3 is 0 Å². The van der Waals surface area contributed by atoms with Crippen LogP contribution in [0.15, 0.2) is 89.8 Å². The van der Waals surface area contributed by atoms with E-state index in [2.05, 4.69) is 18.8 Å². The van der Waals surface area contributed by atoms with E-state index in [4.69, 9.17) is 0 Å². The van der Waals surface area contributed by atoms with Gasteiger partial charge in [-0.1, -0.05) is 104 Å². The maximum absolute atomic E-state index is 13.8. The second-order valence-corrected chi connectivity index (χ2v) is 9.83. The average Bonchev–Trinajstić information content (AvgIpc) is 2.82. The molecular weight excluding hydrogens is 414 g/mol. The summed E-state index contributed by atoms with van der Waals surface area (Å²) in [6.45, 7) is 4.54. The Morgan fingerprint density at radius 1 is 0.812 bits per heavy atom. The molecule has 0 aliphatic heterocycles. The van der Waals surface area contributed by atoms with Crippen LogP contribution < -0.4 is 0 Å². The van der Waals surface area contributed by atoms with Crippen molar-refractivity contribution in [2.45, 2.75) is 50.5 Å². The lowest BCUT2D eigenvalue weighted by atomic mass is 10.1. The topological polar surface area (TPSA) is 37.4 Å². The van der Waals surface area contributed by atoms with Crippen LogP contribution in [0.25, 0.3) is 0 Å². The molecule has 0 N–H and O–H groups in total. The molecule has 3 nitrogen and oxygen atoms in total. The Labute approximate surface area is 193 Å². The molecule has 1 atom stereocenters. The second kappa shape index (κ2) is 11.7. The van der Waals surface area contributed by atoms with Crippen molar-refractivity contribution in [3.63, 3.8) is 0 Å². The van der Waals surface area contributed by atoms with Crippen LogP contribution in [0.5, 0.6) is 0 Å². The predicted molar refractivity (Wildman–Crippen MR) is 132 cm³/mol. The number of rotatable bonds is 9. The normalized spacial score (nSPS) is 12.2. The lowest BCUT2D eigenvalue weighted by molar-refractivity contribution is 0.364. The molecule has 0 radical (unpaired) electrons. The molecule has 1 unspecified atom stereocenters. The maximum Gasteiger partial charge on any atom is 0.244 e. The molecule has 3 rings (SSSR count). The van der Waals surface area contributed by atoms with Crippen molar-refractivity contribution < 1.29 is 8.42 Å². The van der Waals surface area contributed by atoms with Crippen LogP contribution in [0.2, 0.25) is 0 Å². The first-order chi connectivity index (χ1) is 15.5. The maximum atomic E-state index is 13.8. The van der Waals surface area contributed by atoms with E-state index in [1.807, 2.05) is 79.7 Å². The molecule has 0 aliphatic rings. The van der Waals surface area contributed by atoms with Crippen LogP contribution >= 0.6 is 0 Å². The molecule has 0 fully saturated rings. The first-order valence-corrected chi connectivity index (χ1v) is 12.7. The van der Waals surface area contributed by atoms with Crippen molar-refractivity contribution >= 4 is 10.0 Å². The van der Waals surface area contributed by atoms with Gasteiger partial charge in [-0.3, -0.25) is 0 Å². The molecule has 3 aromatic carbocycles. The van der Waals surface area contributed by atoms with Gasteiger partial charge in [-0.25, -0.2) is 8.42 Å². The minimum atomic E-state index is -3.73. The number of unbranched alkanes of at least 4 members (excludes halogenated alkanes) is 3. The number of nitrogens with zero attached hydrogens (tertiary/aromatic N) is 1. The van der Waals surface area contributed by atoms with E-state index in [0.717, 1.165) is 42.4 Å². The van der Waals surface area contributed by atoms with Crippen LogP contribution in [0.1, 0.15) is 55.3 Å². The minimum absolute atomic E-state index is 0.307. The molecule has 0 amide bonds. The first kappa shape index (κ1) is 23.8. The third kappa shape index (κ3) is 6.32. The van der Waals surface area contributed by atoms with Gasteiger partial charge in [0.1, 0.15) is 6.04 Å². The van der Waals surface area contributed by atoms with Gasteiger partial charge in [-0.05, 0) is 43.2 Å². The van der Waals surface area contributed by atoms with Crippen LogP contribution in [0.4, 0.5) is 0 Å². The Balaban J connectivity index is 2.06. The van der Waals surface area contributed by atoms with Crippen LogP contribution in [-0.2, 0) is 10.0 Å². The van der Waals surface area contributed by atoms with E-state index in [0.29, 0.717) is 11.4 Å². The third-order valence-electron chi connectivity index (χ3n) is 5.39. The van der Waals surface area contributed by atoms with E-state index >= 15 is 0 Å². The summed E-state index contributed by atoms with van der Waals surface area (Å²) >= 11 is 0. The quantitative estimate of drug-likeness (QED) is 0.284. The molecule has 0 aromatic heterocycles. The van der Waals surface area contributed by atoms with Crippen molar-refractivity contribution in [3.8, 4) is 11.8 Å². The Kier molecular flexibility index (Phi) is 8.67. The molecule has 166 valence electrons. The summed E-state index contributed by atoms with van der Waals surface area (Å²) in [6, 6.07) is 25.9. The van der Waals surface area contributed by atoms with E-state index in [9.17, 15) is 8.42 Å². The molecule has 32 heavy (non-hydrogen) atoms. The Morgan fingerprint density at radius 2 is 1.44 bits per heavy atom. The van der Waals surface area contributed by atoms with Gasteiger partial charge in [0.15, 0.2) is 0 Å². The summed E-state index contributed by atoms with van der Waals surface area (Å²) in [5, 5.41) is 0. The average molecular weight is 446 g/mol.